The fourth-order valence-electron chi connectivity index (χ4n) is 2.99. The maximum absolute atomic E-state index is 12.3. The summed E-state index contributed by atoms with van der Waals surface area (Å²) in [6.07, 6.45) is 0.975. The molecule has 2 amide bonds. The Morgan fingerprint density at radius 2 is 2.19 bits per heavy atom. The number of nitrogens with one attached hydrogen (secondary N) is 1. The van der Waals surface area contributed by atoms with E-state index in [-0.39, 0.29) is 11.4 Å². The van der Waals surface area contributed by atoms with Gasteiger partial charge in [0, 0.05) is 18.2 Å². The van der Waals surface area contributed by atoms with Gasteiger partial charge in [0.15, 0.2) is 0 Å². The number of nitrogens with zero attached hydrogens (tertiary/aromatic N) is 1. The van der Waals surface area contributed by atoms with Crippen LogP contribution in [-0.4, -0.2) is 45.7 Å². The molecule has 3 unspecified atom stereocenters. The Morgan fingerprint density at radius 3 is 2.90 bits per heavy atom. The van der Waals surface area contributed by atoms with Crippen LogP contribution in [0.25, 0.3) is 0 Å². The van der Waals surface area contributed by atoms with E-state index in [4.69, 9.17) is 0 Å². The van der Waals surface area contributed by atoms with E-state index in [0.717, 1.165) is 6.42 Å². The van der Waals surface area contributed by atoms with Gasteiger partial charge in [-0.25, -0.2) is 9.59 Å². The summed E-state index contributed by atoms with van der Waals surface area (Å²) in [5, 5.41) is 12.0. The SMILES string of the molecule is CC1SCC(C(=O)O)N1C(=O)NCC1Cc2ccccc21. The van der Waals surface area contributed by atoms with Crippen molar-refractivity contribution in [3.05, 3.63) is 35.4 Å². The standard InChI is InChI=1S/C15H18N2O3S/c1-9-17(13(8-21-9)14(18)19)15(20)16-7-11-6-10-4-2-3-5-12(10)11/h2-5,9,11,13H,6-8H2,1H3,(H,16,20)(H,18,19). The summed E-state index contributed by atoms with van der Waals surface area (Å²) in [5.74, 6) is -0.133. The molecule has 0 aromatic heterocycles. The van der Waals surface area contributed by atoms with Gasteiger partial charge >= 0.3 is 12.0 Å². The first-order valence-corrected chi connectivity index (χ1v) is 8.11. The van der Waals surface area contributed by atoms with Crippen LogP contribution in [0, 0.1) is 0 Å². The first-order valence-electron chi connectivity index (χ1n) is 7.06. The molecule has 3 rings (SSSR count). The Bertz CT molecular complexity index is 578. The lowest BCUT2D eigenvalue weighted by molar-refractivity contribution is -0.141. The van der Waals surface area contributed by atoms with E-state index in [0.29, 0.717) is 18.2 Å². The molecule has 1 aliphatic carbocycles. The summed E-state index contributed by atoms with van der Waals surface area (Å²) in [7, 11) is 0. The van der Waals surface area contributed by atoms with Gasteiger partial charge in [-0.1, -0.05) is 24.3 Å². The van der Waals surface area contributed by atoms with Gasteiger partial charge < -0.3 is 10.4 Å². The molecule has 1 aromatic carbocycles. The number of rotatable bonds is 3. The van der Waals surface area contributed by atoms with Gasteiger partial charge in [0.1, 0.15) is 6.04 Å². The minimum atomic E-state index is -0.934. The second-order valence-electron chi connectivity index (χ2n) is 5.48. The monoisotopic (exact) mass is 306 g/mol. The van der Waals surface area contributed by atoms with E-state index in [1.54, 1.807) is 0 Å². The highest BCUT2D eigenvalue weighted by molar-refractivity contribution is 8.00. The van der Waals surface area contributed by atoms with E-state index >= 15 is 0 Å². The highest BCUT2D eigenvalue weighted by atomic mass is 32.2. The molecule has 0 spiro atoms. The lowest BCUT2D eigenvalue weighted by Gasteiger charge is -2.32. The Hall–Kier alpha value is -1.69. The number of amides is 2. The van der Waals surface area contributed by atoms with Crippen molar-refractivity contribution in [1.82, 2.24) is 10.2 Å². The lowest BCUT2D eigenvalue weighted by Crippen LogP contribution is -2.50. The maximum Gasteiger partial charge on any atom is 0.327 e. The molecule has 1 aliphatic heterocycles. The van der Waals surface area contributed by atoms with Crippen LogP contribution in [0.2, 0.25) is 0 Å². The lowest BCUT2D eigenvalue weighted by atomic mass is 9.78. The number of hydrogen-bond acceptors (Lipinski definition) is 3. The van der Waals surface area contributed by atoms with Crippen LogP contribution in [0.4, 0.5) is 4.79 Å². The highest BCUT2D eigenvalue weighted by Gasteiger charge is 2.39. The second-order valence-corrected chi connectivity index (χ2v) is 6.83. The largest absolute Gasteiger partial charge is 0.480 e. The van der Waals surface area contributed by atoms with Crippen molar-refractivity contribution in [2.24, 2.45) is 0 Å². The number of aliphatic carboxylic acids is 1. The molecule has 1 aromatic rings. The van der Waals surface area contributed by atoms with Gasteiger partial charge in [0.2, 0.25) is 0 Å². The third-order valence-electron chi connectivity index (χ3n) is 4.20. The van der Waals surface area contributed by atoms with Gasteiger partial charge in [0.05, 0.1) is 5.37 Å². The van der Waals surface area contributed by atoms with Crippen LogP contribution in [-0.2, 0) is 11.2 Å². The smallest absolute Gasteiger partial charge is 0.327 e. The van der Waals surface area contributed by atoms with Crippen molar-refractivity contribution in [2.45, 2.75) is 30.7 Å². The Labute approximate surface area is 127 Å². The van der Waals surface area contributed by atoms with Crippen LogP contribution in [0.15, 0.2) is 24.3 Å². The number of hydrogen-bond donors (Lipinski definition) is 2. The minimum absolute atomic E-state index is 0.0974. The van der Waals surface area contributed by atoms with E-state index < -0.39 is 12.0 Å². The molecule has 2 aliphatic rings. The van der Waals surface area contributed by atoms with Gasteiger partial charge in [-0.05, 0) is 24.5 Å². The predicted octanol–water partition coefficient (Wildman–Crippen LogP) is 1.88. The van der Waals surface area contributed by atoms with Crippen LogP contribution >= 0.6 is 11.8 Å². The molecular weight excluding hydrogens is 288 g/mol. The van der Waals surface area contributed by atoms with E-state index in [2.05, 4.69) is 17.4 Å². The highest BCUT2D eigenvalue weighted by Crippen LogP contribution is 2.34. The fraction of sp³-hybridized carbons (Fsp3) is 0.467. The molecule has 1 saturated heterocycles. The molecule has 3 atom stereocenters. The molecule has 0 radical (unpaired) electrons. The Morgan fingerprint density at radius 1 is 1.43 bits per heavy atom. The van der Waals surface area contributed by atoms with Gasteiger partial charge in [-0.15, -0.1) is 11.8 Å². The molecule has 0 bridgehead atoms. The number of carboxylic acids is 1. The Balaban J connectivity index is 1.59. The van der Waals surface area contributed by atoms with Gasteiger partial charge in [-0.3, -0.25) is 4.90 Å². The summed E-state index contributed by atoms with van der Waals surface area (Å²) in [5.41, 5.74) is 2.63. The quantitative estimate of drug-likeness (QED) is 0.894. The number of benzene rings is 1. The summed E-state index contributed by atoms with van der Waals surface area (Å²) in [6, 6.07) is 7.22. The Kier molecular flexibility index (Phi) is 3.80. The van der Waals surface area contributed by atoms with Crippen LogP contribution in [0.5, 0.6) is 0 Å². The fourth-order valence-corrected chi connectivity index (χ4v) is 4.16. The zero-order chi connectivity index (χ0) is 15.0. The summed E-state index contributed by atoms with van der Waals surface area (Å²) in [4.78, 5) is 24.9. The van der Waals surface area contributed by atoms with Crippen molar-refractivity contribution in [3.63, 3.8) is 0 Å². The molecule has 1 fully saturated rings. The first-order chi connectivity index (χ1) is 10.1. The van der Waals surface area contributed by atoms with Crippen molar-refractivity contribution in [1.29, 1.82) is 0 Å². The molecule has 21 heavy (non-hydrogen) atoms. The minimum Gasteiger partial charge on any atom is -0.480 e. The number of carbonyl (C=O) groups excluding carboxylic acids is 1. The normalized spacial score (nSPS) is 26.9. The van der Waals surface area contributed by atoms with Crippen LogP contribution in [0.3, 0.4) is 0 Å². The number of carbonyl (C=O) groups is 2. The van der Waals surface area contributed by atoms with Gasteiger partial charge in [-0.2, -0.15) is 0 Å². The number of carboxylic acid groups (broad SMARTS) is 1. The zero-order valence-electron chi connectivity index (χ0n) is 11.8. The number of urea groups is 1. The van der Waals surface area contributed by atoms with Gasteiger partial charge in [0.25, 0.3) is 0 Å². The van der Waals surface area contributed by atoms with Crippen molar-refractivity contribution in [2.75, 3.05) is 12.3 Å². The summed E-state index contributed by atoms with van der Waals surface area (Å²) < 4.78 is 0. The third kappa shape index (κ3) is 2.60. The molecule has 112 valence electrons. The summed E-state index contributed by atoms with van der Waals surface area (Å²) in [6.45, 7) is 2.43. The zero-order valence-corrected chi connectivity index (χ0v) is 12.6. The molecule has 6 heteroatoms. The molecule has 0 saturated carbocycles. The van der Waals surface area contributed by atoms with Crippen molar-refractivity contribution < 1.29 is 14.7 Å². The maximum atomic E-state index is 12.3. The van der Waals surface area contributed by atoms with Crippen molar-refractivity contribution >= 4 is 23.8 Å². The first kappa shape index (κ1) is 14.3. The summed E-state index contributed by atoms with van der Waals surface area (Å²) >= 11 is 1.50. The molecular formula is C15H18N2O3S. The third-order valence-corrected chi connectivity index (χ3v) is 5.42. The topological polar surface area (TPSA) is 69.6 Å². The average molecular weight is 306 g/mol. The second kappa shape index (κ2) is 5.60. The molecule has 5 nitrogen and oxygen atoms in total. The van der Waals surface area contributed by atoms with E-state index in [1.807, 2.05) is 19.1 Å². The number of thioether (sulfide) groups is 1. The van der Waals surface area contributed by atoms with Crippen LogP contribution in [0.1, 0.15) is 24.0 Å². The molecule has 1 heterocycles. The average Bonchev–Trinajstić information content (AvgIpc) is 2.81. The van der Waals surface area contributed by atoms with Crippen molar-refractivity contribution in [3.8, 4) is 0 Å². The predicted molar refractivity (Wildman–Crippen MR) is 81.5 cm³/mol. The van der Waals surface area contributed by atoms with E-state index in [1.165, 1.54) is 27.8 Å². The molecule has 2 N–H and O–H groups in total. The van der Waals surface area contributed by atoms with E-state index in [9.17, 15) is 14.7 Å². The number of fused-ring (bicyclic) bond motifs is 1. The van der Waals surface area contributed by atoms with Crippen LogP contribution < -0.4 is 5.32 Å².